The van der Waals surface area contributed by atoms with E-state index in [1.165, 1.54) is 60.3 Å². The number of rotatable bonds is 16. The minimum Gasteiger partial charge on any atom is -0.508 e. The number of phenolic OH excluding ortho intramolecular Hbond substituents is 1. The summed E-state index contributed by atoms with van der Waals surface area (Å²) in [5.74, 6) is -1.48. The molecular formula is C38H40N3O13P. The highest BCUT2D eigenvalue weighted by atomic mass is 31.2. The molecule has 6 rings (SSSR count). The standard InChI is InChI=1S/C38H40N3O13P/c1-21-19-41(38(48)40-35(21)44)33-18-31(50-2)32(54-33)20-52-55(49)51-14-6-4-3-5-13-39-36(45)22-7-10-25(37(46)47)28(15-22)34-26-11-8-23(42)16-29(26)53-30-17-24(43)9-12-27(30)34/h7-12,15-17,19,31-33,42,49H,3-6,13-14,18,20H2,1-2H3,(H,39,45)(H,46,47)(H,40,44,48)/t31-,32?,33?,55?/m1/s1. The molecule has 1 amide bonds. The lowest BCUT2D eigenvalue weighted by Gasteiger charge is -2.19. The fourth-order valence-electron chi connectivity index (χ4n) is 6.50. The molecule has 2 aromatic carbocycles. The number of amides is 1. The maximum absolute atomic E-state index is 13.2. The second kappa shape index (κ2) is 17.5. The molecule has 0 saturated carbocycles. The summed E-state index contributed by atoms with van der Waals surface area (Å²) >= 11 is 0. The van der Waals surface area contributed by atoms with Crippen LogP contribution in [0.15, 0.2) is 79.6 Å². The first-order chi connectivity index (χ1) is 26.4. The number of hydrogen-bond acceptors (Lipinski definition) is 12. The highest BCUT2D eigenvalue weighted by Crippen LogP contribution is 2.42. The topological polar surface area (TPSA) is 229 Å². The Morgan fingerprint density at radius 1 is 1.00 bits per heavy atom. The summed E-state index contributed by atoms with van der Waals surface area (Å²) in [7, 11) is -0.683. The number of aromatic nitrogens is 2. The van der Waals surface area contributed by atoms with E-state index < -0.39 is 50.2 Å². The van der Waals surface area contributed by atoms with Crippen molar-refractivity contribution in [3.8, 4) is 28.2 Å². The maximum Gasteiger partial charge on any atom is 0.336 e. The summed E-state index contributed by atoms with van der Waals surface area (Å²) in [5.41, 5.74) is 0.571. The number of carbonyl (C=O) groups excluding carboxylic acids is 1. The lowest BCUT2D eigenvalue weighted by atomic mass is 9.89. The first-order valence-electron chi connectivity index (χ1n) is 17.5. The fraction of sp³-hybridized carbons (Fsp3) is 0.342. The van der Waals surface area contributed by atoms with Gasteiger partial charge >= 0.3 is 20.3 Å². The number of aromatic amines is 1. The number of methoxy groups -OCH3 is 1. The molecule has 290 valence electrons. The quantitative estimate of drug-likeness (QED) is 0.0522. The summed E-state index contributed by atoms with van der Waals surface area (Å²) in [6, 6.07) is 12.9. The second-order valence-electron chi connectivity index (χ2n) is 13.0. The Morgan fingerprint density at radius 2 is 1.80 bits per heavy atom. The van der Waals surface area contributed by atoms with Crippen molar-refractivity contribution in [1.29, 1.82) is 0 Å². The van der Waals surface area contributed by atoms with Gasteiger partial charge in [-0.1, -0.05) is 12.8 Å². The van der Waals surface area contributed by atoms with Crippen LogP contribution in [-0.4, -0.2) is 75.6 Å². The molecule has 3 aromatic rings. The SMILES string of the molecule is CO[C@@H]1CC(n2cc(C)c(=O)[nH]c2=O)OC1COP(O)OCCCCCCNC(=O)c1ccc(C(=O)O)c(-c2c3ccc(=O)cc-3oc3cc(O)ccc23)c1. The van der Waals surface area contributed by atoms with Crippen molar-refractivity contribution < 1.29 is 47.6 Å². The molecule has 5 N–H and O–H groups in total. The summed E-state index contributed by atoms with van der Waals surface area (Å²) < 4.78 is 29.5. The van der Waals surface area contributed by atoms with Gasteiger partial charge < -0.3 is 43.4 Å². The van der Waals surface area contributed by atoms with E-state index in [0.29, 0.717) is 47.9 Å². The van der Waals surface area contributed by atoms with Gasteiger partial charge in [0.2, 0.25) is 0 Å². The van der Waals surface area contributed by atoms with Crippen molar-refractivity contribution in [3.63, 3.8) is 0 Å². The largest absolute Gasteiger partial charge is 0.508 e. The van der Waals surface area contributed by atoms with Crippen molar-refractivity contribution in [2.75, 3.05) is 26.9 Å². The molecule has 3 unspecified atom stereocenters. The van der Waals surface area contributed by atoms with Crippen LogP contribution in [-0.2, 0) is 18.5 Å². The van der Waals surface area contributed by atoms with Gasteiger partial charge in [-0.15, -0.1) is 0 Å². The predicted octanol–water partition coefficient (Wildman–Crippen LogP) is 4.67. The lowest BCUT2D eigenvalue weighted by Crippen LogP contribution is -2.33. The number of nitrogens with one attached hydrogen (secondary N) is 2. The molecule has 0 spiro atoms. The van der Waals surface area contributed by atoms with E-state index in [0.717, 1.165) is 12.8 Å². The van der Waals surface area contributed by atoms with Gasteiger partial charge in [0.1, 0.15) is 29.4 Å². The number of nitrogens with zero attached hydrogens (tertiary/aromatic N) is 1. The molecule has 16 nitrogen and oxygen atoms in total. The molecule has 4 atom stereocenters. The molecule has 3 aliphatic rings. The van der Waals surface area contributed by atoms with Gasteiger partial charge in [0.15, 0.2) is 5.43 Å². The van der Waals surface area contributed by atoms with Crippen LogP contribution in [0.2, 0.25) is 0 Å². The molecule has 2 aliphatic heterocycles. The third-order valence-electron chi connectivity index (χ3n) is 9.31. The number of aromatic carboxylic acids is 1. The summed E-state index contributed by atoms with van der Waals surface area (Å²) in [6.45, 7) is 2.16. The highest BCUT2D eigenvalue weighted by Gasteiger charge is 2.38. The fourth-order valence-corrected chi connectivity index (χ4v) is 7.13. The van der Waals surface area contributed by atoms with E-state index >= 15 is 0 Å². The Morgan fingerprint density at radius 3 is 2.58 bits per heavy atom. The number of aryl methyl sites for hydroxylation is 1. The minimum atomic E-state index is -2.19. The third-order valence-corrected chi connectivity index (χ3v) is 10.1. The Kier molecular flexibility index (Phi) is 12.6. The van der Waals surface area contributed by atoms with E-state index in [1.54, 1.807) is 19.1 Å². The molecule has 0 bridgehead atoms. The van der Waals surface area contributed by atoms with E-state index in [9.17, 15) is 39.1 Å². The van der Waals surface area contributed by atoms with Crippen molar-refractivity contribution in [1.82, 2.24) is 14.9 Å². The first-order valence-corrected chi connectivity index (χ1v) is 18.7. The van der Waals surface area contributed by atoms with Gasteiger partial charge in [-0.25, -0.2) is 9.59 Å². The molecule has 3 heterocycles. The van der Waals surface area contributed by atoms with Gasteiger partial charge in [-0.3, -0.25) is 23.9 Å². The number of aromatic hydroxyl groups is 1. The normalized spacial score (nSPS) is 17.5. The lowest BCUT2D eigenvalue weighted by molar-refractivity contribution is -0.0510. The monoisotopic (exact) mass is 777 g/mol. The van der Waals surface area contributed by atoms with Crippen molar-refractivity contribution in [2.24, 2.45) is 0 Å². The molecule has 1 fully saturated rings. The van der Waals surface area contributed by atoms with Crippen LogP contribution in [0.25, 0.3) is 33.4 Å². The number of carbonyl (C=O) groups is 2. The number of H-pyrrole nitrogens is 1. The Bertz CT molecular complexity index is 2340. The Balaban J connectivity index is 0.969. The minimum absolute atomic E-state index is 0.0321. The van der Waals surface area contributed by atoms with Gasteiger partial charge in [-0.05, 0) is 67.8 Å². The number of carboxylic acids is 1. The summed E-state index contributed by atoms with van der Waals surface area (Å²) in [4.78, 5) is 74.2. The number of ether oxygens (including phenoxy) is 2. The number of phenols is 1. The van der Waals surface area contributed by atoms with Gasteiger partial charge in [0.05, 0.1) is 24.9 Å². The molecule has 1 saturated heterocycles. The number of carboxylic acid groups (broad SMARTS) is 1. The second-order valence-corrected chi connectivity index (χ2v) is 14.0. The van der Waals surface area contributed by atoms with Crippen LogP contribution in [0.4, 0.5) is 0 Å². The van der Waals surface area contributed by atoms with Crippen LogP contribution in [0.3, 0.4) is 0 Å². The maximum atomic E-state index is 13.2. The zero-order valence-corrected chi connectivity index (χ0v) is 30.9. The molecular weight excluding hydrogens is 737 g/mol. The van der Waals surface area contributed by atoms with E-state index in [-0.39, 0.29) is 52.4 Å². The van der Waals surface area contributed by atoms with E-state index in [2.05, 4.69) is 10.3 Å². The van der Waals surface area contributed by atoms with Crippen LogP contribution in [0, 0.1) is 6.92 Å². The highest BCUT2D eigenvalue weighted by molar-refractivity contribution is 7.40. The number of hydrogen-bond donors (Lipinski definition) is 5. The van der Waals surface area contributed by atoms with Crippen molar-refractivity contribution >= 4 is 31.4 Å². The number of unbranched alkanes of at least 4 members (excludes halogenated alkanes) is 3. The predicted molar refractivity (Wildman–Crippen MR) is 200 cm³/mol. The van der Waals surface area contributed by atoms with Crippen LogP contribution in [0.5, 0.6) is 5.75 Å². The smallest absolute Gasteiger partial charge is 0.336 e. The zero-order valence-electron chi connectivity index (χ0n) is 30.0. The van der Waals surface area contributed by atoms with E-state index in [4.69, 9.17) is 22.9 Å². The van der Waals surface area contributed by atoms with Gasteiger partial charge in [0, 0.05) is 66.0 Å². The first kappa shape index (κ1) is 39.5. The van der Waals surface area contributed by atoms with Crippen molar-refractivity contribution in [3.05, 3.63) is 109 Å². The van der Waals surface area contributed by atoms with Crippen LogP contribution in [0.1, 0.15) is 64.6 Å². The molecule has 1 aliphatic carbocycles. The molecule has 1 aromatic heterocycles. The summed E-state index contributed by atoms with van der Waals surface area (Å²) in [6.07, 6.45) is 2.91. The van der Waals surface area contributed by atoms with E-state index in [1.807, 2.05) is 0 Å². The molecule has 0 radical (unpaired) electrons. The van der Waals surface area contributed by atoms with Gasteiger partial charge in [-0.2, -0.15) is 0 Å². The molecule has 17 heteroatoms. The van der Waals surface area contributed by atoms with Crippen LogP contribution < -0.4 is 22.0 Å². The average molecular weight is 778 g/mol. The zero-order chi connectivity index (χ0) is 39.2. The molecule has 55 heavy (non-hydrogen) atoms. The van der Waals surface area contributed by atoms with Crippen LogP contribution >= 0.6 is 8.60 Å². The van der Waals surface area contributed by atoms with Gasteiger partial charge in [0.25, 0.3) is 11.5 Å². The summed E-state index contributed by atoms with van der Waals surface area (Å²) in [5, 5.41) is 23.5. The number of fused-ring (bicyclic) bond motifs is 2. The number of benzene rings is 3. The Labute approximate surface area is 314 Å². The average Bonchev–Trinajstić information content (AvgIpc) is 3.58. The Hall–Kier alpha value is -5.22. The third kappa shape index (κ3) is 9.19. The van der Waals surface area contributed by atoms with Crippen molar-refractivity contribution in [2.45, 2.75) is 57.5 Å².